The Balaban J connectivity index is 2.53. The highest BCUT2D eigenvalue weighted by molar-refractivity contribution is 5.27. The first kappa shape index (κ1) is 11.0. The molecule has 3 heteroatoms. The number of hydrogen-bond donors (Lipinski definition) is 2. The van der Waals surface area contributed by atoms with Gasteiger partial charge in [-0.15, -0.1) is 0 Å². The van der Waals surface area contributed by atoms with Gasteiger partial charge in [0, 0.05) is 12.2 Å². The number of hydrogen-bond acceptors (Lipinski definition) is 3. The van der Waals surface area contributed by atoms with Gasteiger partial charge in [0.2, 0.25) is 0 Å². The second-order valence-electron chi connectivity index (χ2n) is 3.94. The van der Waals surface area contributed by atoms with Gasteiger partial charge in [0.15, 0.2) is 0 Å². The zero-order valence-electron chi connectivity index (χ0n) is 9.04. The van der Waals surface area contributed by atoms with Crippen LogP contribution >= 0.6 is 0 Å². The molecule has 0 radical (unpaired) electrons. The Morgan fingerprint density at radius 1 is 1.43 bits per heavy atom. The SMILES string of the molecule is Cc1ccc(O)c(CNCC(C)C)n1. The van der Waals surface area contributed by atoms with Crippen molar-refractivity contribution in [3.8, 4) is 5.75 Å². The molecule has 0 atom stereocenters. The fraction of sp³-hybridized carbons (Fsp3) is 0.545. The molecule has 1 rings (SSSR count). The molecule has 0 bridgehead atoms. The van der Waals surface area contributed by atoms with Crippen LogP contribution in [0.3, 0.4) is 0 Å². The van der Waals surface area contributed by atoms with Gasteiger partial charge in [0.05, 0.1) is 5.69 Å². The van der Waals surface area contributed by atoms with Crippen LogP contribution in [0.5, 0.6) is 5.75 Å². The van der Waals surface area contributed by atoms with Crippen LogP contribution in [0.15, 0.2) is 12.1 Å². The maximum atomic E-state index is 9.50. The van der Waals surface area contributed by atoms with Gasteiger partial charge in [-0.25, -0.2) is 0 Å². The zero-order valence-corrected chi connectivity index (χ0v) is 9.04. The third-order valence-corrected chi connectivity index (χ3v) is 1.93. The van der Waals surface area contributed by atoms with Crippen LogP contribution in [0.2, 0.25) is 0 Å². The maximum absolute atomic E-state index is 9.50. The fourth-order valence-corrected chi connectivity index (χ4v) is 1.21. The zero-order chi connectivity index (χ0) is 10.6. The summed E-state index contributed by atoms with van der Waals surface area (Å²) in [6.07, 6.45) is 0. The highest BCUT2D eigenvalue weighted by Gasteiger charge is 2.02. The fourth-order valence-electron chi connectivity index (χ4n) is 1.21. The summed E-state index contributed by atoms with van der Waals surface area (Å²) in [5.41, 5.74) is 1.66. The van der Waals surface area contributed by atoms with E-state index in [1.165, 1.54) is 0 Å². The maximum Gasteiger partial charge on any atom is 0.138 e. The molecule has 3 nitrogen and oxygen atoms in total. The first-order valence-electron chi connectivity index (χ1n) is 4.96. The summed E-state index contributed by atoms with van der Waals surface area (Å²) < 4.78 is 0. The van der Waals surface area contributed by atoms with Crippen molar-refractivity contribution >= 4 is 0 Å². The number of pyridine rings is 1. The lowest BCUT2D eigenvalue weighted by Gasteiger charge is -2.08. The van der Waals surface area contributed by atoms with Gasteiger partial charge in [-0.3, -0.25) is 4.98 Å². The molecule has 0 aliphatic heterocycles. The highest BCUT2D eigenvalue weighted by atomic mass is 16.3. The molecule has 1 aromatic heterocycles. The molecule has 0 spiro atoms. The summed E-state index contributed by atoms with van der Waals surface area (Å²) in [6, 6.07) is 3.50. The summed E-state index contributed by atoms with van der Waals surface area (Å²) in [7, 11) is 0. The van der Waals surface area contributed by atoms with Crippen molar-refractivity contribution in [2.75, 3.05) is 6.54 Å². The number of aryl methyl sites for hydroxylation is 1. The van der Waals surface area contributed by atoms with Crippen molar-refractivity contribution in [2.45, 2.75) is 27.3 Å². The van der Waals surface area contributed by atoms with E-state index in [4.69, 9.17) is 0 Å². The van der Waals surface area contributed by atoms with Crippen molar-refractivity contribution in [3.63, 3.8) is 0 Å². The van der Waals surface area contributed by atoms with E-state index >= 15 is 0 Å². The molecule has 78 valence electrons. The van der Waals surface area contributed by atoms with E-state index < -0.39 is 0 Å². The molecule has 14 heavy (non-hydrogen) atoms. The van der Waals surface area contributed by atoms with Crippen molar-refractivity contribution in [2.24, 2.45) is 5.92 Å². The van der Waals surface area contributed by atoms with Crippen LogP contribution in [0.25, 0.3) is 0 Å². The second-order valence-corrected chi connectivity index (χ2v) is 3.94. The Hall–Kier alpha value is -1.09. The normalized spacial score (nSPS) is 10.9. The summed E-state index contributed by atoms with van der Waals surface area (Å²) in [5, 5.41) is 12.7. The van der Waals surface area contributed by atoms with Crippen LogP contribution in [0.4, 0.5) is 0 Å². The Labute approximate surface area is 85.2 Å². The van der Waals surface area contributed by atoms with Gasteiger partial charge in [0.25, 0.3) is 0 Å². The minimum absolute atomic E-state index is 0.270. The Morgan fingerprint density at radius 2 is 2.14 bits per heavy atom. The summed E-state index contributed by atoms with van der Waals surface area (Å²) in [6.45, 7) is 7.79. The molecule has 1 heterocycles. The van der Waals surface area contributed by atoms with Crippen LogP contribution in [-0.4, -0.2) is 16.6 Å². The van der Waals surface area contributed by atoms with Gasteiger partial charge in [0.1, 0.15) is 5.75 Å². The minimum Gasteiger partial charge on any atom is -0.506 e. The van der Waals surface area contributed by atoms with Crippen LogP contribution in [0.1, 0.15) is 25.2 Å². The number of nitrogens with one attached hydrogen (secondary N) is 1. The monoisotopic (exact) mass is 194 g/mol. The van der Waals surface area contributed by atoms with Gasteiger partial charge in [-0.2, -0.15) is 0 Å². The van der Waals surface area contributed by atoms with E-state index in [1.807, 2.05) is 6.92 Å². The number of aromatic hydroxyl groups is 1. The van der Waals surface area contributed by atoms with E-state index in [-0.39, 0.29) is 5.75 Å². The molecule has 0 unspecified atom stereocenters. The largest absolute Gasteiger partial charge is 0.506 e. The van der Waals surface area contributed by atoms with E-state index in [9.17, 15) is 5.11 Å². The second kappa shape index (κ2) is 4.96. The van der Waals surface area contributed by atoms with Gasteiger partial charge in [-0.05, 0) is 31.5 Å². The molecular weight excluding hydrogens is 176 g/mol. The quantitative estimate of drug-likeness (QED) is 0.768. The van der Waals surface area contributed by atoms with Crippen LogP contribution in [0, 0.1) is 12.8 Å². The Bertz CT molecular complexity index is 297. The smallest absolute Gasteiger partial charge is 0.138 e. The molecule has 0 saturated carbocycles. The molecule has 0 saturated heterocycles. The van der Waals surface area contributed by atoms with Gasteiger partial charge >= 0.3 is 0 Å². The van der Waals surface area contributed by atoms with Crippen molar-refractivity contribution in [1.82, 2.24) is 10.3 Å². The lowest BCUT2D eigenvalue weighted by atomic mass is 10.2. The molecule has 2 N–H and O–H groups in total. The lowest BCUT2D eigenvalue weighted by molar-refractivity contribution is 0.455. The molecule has 0 aliphatic carbocycles. The average Bonchev–Trinajstić information content (AvgIpc) is 2.10. The summed E-state index contributed by atoms with van der Waals surface area (Å²) in [4.78, 5) is 4.26. The number of aromatic nitrogens is 1. The van der Waals surface area contributed by atoms with Crippen molar-refractivity contribution in [3.05, 3.63) is 23.5 Å². The first-order valence-corrected chi connectivity index (χ1v) is 4.96. The Morgan fingerprint density at radius 3 is 2.79 bits per heavy atom. The predicted octanol–water partition coefficient (Wildman–Crippen LogP) is 1.84. The predicted molar refractivity (Wildman–Crippen MR) is 57.2 cm³/mol. The number of nitrogens with zero attached hydrogens (tertiary/aromatic N) is 1. The molecule has 0 amide bonds. The highest BCUT2D eigenvalue weighted by Crippen LogP contribution is 2.13. The Kier molecular flexibility index (Phi) is 3.89. The summed E-state index contributed by atoms with van der Waals surface area (Å²) >= 11 is 0. The van der Waals surface area contributed by atoms with Gasteiger partial charge in [-0.1, -0.05) is 13.8 Å². The topological polar surface area (TPSA) is 45.1 Å². The third-order valence-electron chi connectivity index (χ3n) is 1.93. The van der Waals surface area contributed by atoms with Crippen LogP contribution in [-0.2, 0) is 6.54 Å². The van der Waals surface area contributed by atoms with E-state index in [0.29, 0.717) is 12.5 Å². The number of rotatable bonds is 4. The average molecular weight is 194 g/mol. The third kappa shape index (κ3) is 3.34. The van der Waals surface area contributed by atoms with Crippen molar-refractivity contribution < 1.29 is 5.11 Å². The first-order chi connectivity index (χ1) is 6.59. The molecular formula is C11H18N2O. The van der Waals surface area contributed by atoms with Crippen LogP contribution < -0.4 is 5.32 Å². The molecule has 0 aromatic carbocycles. The summed E-state index contributed by atoms with van der Waals surface area (Å²) in [5.74, 6) is 0.883. The molecule has 0 aliphatic rings. The van der Waals surface area contributed by atoms with E-state index in [2.05, 4.69) is 24.1 Å². The minimum atomic E-state index is 0.270. The lowest BCUT2D eigenvalue weighted by Crippen LogP contribution is -2.19. The van der Waals surface area contributed by atoms with E-state index in [0.717, 1.165) is 17.9 Å². The van der Waals surface area contributed by atoms with E-state index in [1.54, 1.807) is 12.1 Å². The van der Waals surface area contributed by atoms with Gasteiger partial charge < -0.3 is 10.4 Å². The standard InChI is InChI=1S/C11H18N2O/c1-8(2)6-12-7-10-11(14)5-4-9(3)13-10/h4-5,8,12,14H,6-7H2,1-3H3. The molecule has 1 aromatic rings. The molecule has 0 fully saturated rings. The van der Waals surface area contributed by atoms with Crippen molar-refractivity contribution in [1.29, 1.82) is 0 Å².